The van der Waals surface area contributed by atoms with Crippen molar-refractivity contribution >= 4 is 52.3 Å². The summed E-state index contributed by atoms with van der Waals surface area (Å²) in [7, 11) is 0. The molecular weight excluding hydrogens is 420 g/mol. The van der Waals surface area contributed by atoms with Crippen LogP contribution >= 0.6 is 11.8 Å². The van der Waals surface area contributed by atoms with E-state index in [9.17, 15) is 33.6 Å². The molecule has 0 bridgehead atoms. The molecule has 1 unspecified atom stereocenters. The number of hydrogen-bond acceptors (Lipinski definition) is 8. The lowest BCUT2D eigenvalue weighted by Gasteiger charge is -2.19. The van der Waals surface area contributed by atoms with E-state index < -0.39 is 80.9 Å². The van der Waals surface area contributed by atoms with Crippen molar-refractivity contribution in [2.75, 3.05) is 5.75 Å². The van der Waals surface area contributed by atoms with Crippen LogP contribution in [0, 0.1) is 5.92 Å². The molecule has 1 aromatic carbocycles. The van der Waals surface area contributed by atoms with Crippen LogP contribution in [0.15, 0.2) is 6.07 Å². The molecule has 1 atom stereocenters. The van der Waals surface area contributed by atoms with Gasteiger partial charge in [-0.25, -0.2) is 0 Å². The molecule has 0 heterocycles. The van der Waals surface area contributed by atoms with E-state index in [-0.39, 0.29) is 5.56 Å². The van der Waals surface area contributed by atoms with Gasteiger partial charge in [-0.1, -0.05) is 11.8 Å². The fourth-order valence-electron chi connectivity index (χ4n) is 2.62. The first-order chi connectivity index (χ1) is 13.8. The molecule has 1 rings (SSSR count). The minimum atomic E-state index is -1.33. The minimum Gasteiger partial charge on any atom is -0.366 e. The molecule has 11 N–H and O–H groups in total. The zero-order chi connectivity index (χ0) is 23.3. The fraction of sp³-hybridized carbons (Fsp3) is 0.188. The Bertz CT molecular complexity index is 991. The van der Waals surface area contributed by atoms with E-state index in [0.717, 1.165) is 6.07 Å². The molecule has 0 aliphatic heterocycles. The average Bonchev–Trinajstić information content (AvgIpc) is 2.62. The first kappa shape index (κ1) is 24.1. The Labute approximate surface area is 172 Å². The number of rotatable bonds is 9. The Balaban J connectivity index is 3.69. The Hall–Kier alpha value is -3.94. The Morgan fingerprint density at radius 3 is 1.67 bits per heavy atom. The Kier molecular flexibility index (Phi) is 7.64. The van der Waals surface area contributed by atoms with Crippen LogP contribution in [0.5, 0.6) is 0 Å². The molecule has 0 aromatic heterocycles. The SMILES string of the molecule is [NH]C(=O)C(CSC(=O)C(N)=O)Cc1cc(C(N)=O)c(C(N)=O)c(C(N)=O)c1C(N)=O. The summed E-state index contributed by atoms with van der Waals surface area (Å²) in [6.07, 6.45) is -0.487. The zero-order valence-corrected chi connectivity index (χ0v) is 16.0. The molecular formula is C16H17N6O7S. The molecule has 0 aliphatic rings. The van der Waals surface area contributed by atoms with Crippen LogP contribution in [0.2, 0.25) is 0 Å². The lowest BCUT2D eigenvalue weighted by atomic mass is 9.86. The van der Waals surface area contributed by atoms with Gasteiger partial charge in [0.1, 0.15) is 0 Å². The lowest BCUT2D eigenvalue weighted by molar-refractivity contribution is -0.131. The van der Waals surface area contributed by atoms with Crippen LogP contribution in [0.3, 0.4) is 0 Å². The van der Waals surface area contributed by atoms with E-state index in [4.69, 9.17) is 34.4 Å². The maximum Gasteiger partial charge on any atom is 0.296 e. The van der Waals surface area contributed by atoms with Gasteiger partial charge in [0.15, 0.2) is 0 Å². The third-order valence-corrected chi connectivity index (χ3v) is 4.90. The highest BCUT2D eigenvalue weighted by Gasteiger charge is 2.31. The van der Waals surface area contributed by atoms with Gasteiger partial charge < -0.3 is 28.7 Å². The number of primary amides is 5. The second-order valence-corrected chi connectivity index (χ2v) is 6.89. The topological polar surface area (TPSA) is 273 Å². The van der Waals surface area contributed by atoms with Crippen molar-refractivity contribution in [2.24, 2.45) is 34.6 Å². The monoisotopic (exact) mass is 437 g/mol. The average molecular weight is 437 g/mol. The predicted molar refractivity (Wildman–Crippen MR) is 102 cm³/mol. The molecule has 0 saturated heterocycles. The fourth-order valence-corrected chi connectivity index (χ4v) is 3.38. The van der Waals surface area contributed by atoms with Gasteiger partial charge in [0.2, 0.25) is 29.5 Å². The number of carbonyl (C=O) groups is 7. The third-order valence-electron chi connectivity index (χ3n) is 3.87. The first-order valence-corrected chi connectivity index (χ1v) is 8.89. The normalized spacial score (nSPS) is 11.3. The number of nitrogens with two attached hydrogens (primary N) is 5. The third kappa shape index (κ3) is 5.32. The molecule has 1 aromatic rings. The second-order valence-electron chi connectivity index (χ2n) is 5.89. The smallest absolute Gasteiger partial charge is 0.296 e. The van der Waals surface area contributed by atoms with Crippen LogP contribution in [0.1, 0.15) is 47.0 Å². The van der Waals surface area contributed by atoms with Gasteiger partial charge >= 0.3 is 0 Å². The van der Waals surface area contributed by atoms with Gasteiger partial charge in [0, 0.05) is 5.75 Å². The molecule has 1 radical (unpaired) electrons. The van der Waals surface area contributed by atoms with Gasteiger partial charge in [-0.3, -0.25) is 39.3 Å². The van der Waals surface area contributed by atoms with Gasteiger partial charge in [-0.05, 0) is 18.1 Å². The molecule has 30 heavy (non-hydrogen) atoms. The summed E-state index contributed by atoms with van der Waals surface area (Å²) in [5, 5.41) is -1.07. The number of thioether (sulfide) groups is 1. The Morgan fingerprint density at radius 2 is 1.30 bits per heavy atom. The lowest BCUT2D eigenvalue weighted by Crippen LogP contribution is -2.32. The Morgan fingerprint density at radius 1 is 0.800 bits per heavy atom. The summed E-state index contributed by atoms with van der Waals surface area (Å²) < 4.78 is 0. The van der Waals surface area contributed by atoms with E-state index >= 15 is 0 Å². The second kappa shape index (κ2) is 9.51. The van der Waals surface area contributed by atoms with Crippen molar-refractivity contribution < 1.29 is 33.6 Å². The molecule has 6 amide bonds. The van der Waals surface area contributed by atoms with Crippen molar-refractivity contribution in [3.8, 4) is 0 Å². The molecule has 0 spiro atoms. The summed E-state index contributed by atoms with van der Waals surface area (Å²) in [6.45, 7) is 0. The van der Waals surface area contributed by atoms with Gasteiger partial charge in [0.25, 0.3) is 11.0 Å². The van der Waals surface area contributed by atoms with Gasteiger partial charge in [-0.15, -0.1) is 0 Å². The quantitative estimate of drug-likeness (QED) is 0.244. The highest BCUT2D eigenvalue weighted by atomic mass is 32.2. The summed E-state index contributed by atoms with van der Waals surface area (Å²) in [6, 6.07) is 0.922. The minimum absolute atomic E-state index is 0.215. The molecule has 13 nitrogen and oxygen atoms in total. The summed E-state index contributed by atoms with van der Waals surface area (Å²) in [5.41, 5.74) is 30.2. The van der Waals surface area contributed by atoms with Crippen LogP contribution < -0.4 is 34.4 Å². The van der Waals surface area contributed by atoms with Crippen LogP contribution in [0.25, 0.3) is 0 Å². The molecule has 159 valence electrons. The van der Waals surface area contributed by atoms with Crippen LogP contribution in [-0.4, -0.2) is 46.3 Å². The highest BCUT2D eigenvalue weighted by molar-refractivity contribution is 8.15. The number of amides is 6. The predicted octanol–water partition coefficient (Wildman–Crippen LogP) is -3.20. The summed E-state index contributed by atoms with van der Waals surface area (Å²) in [5.74, 6) is -9.21. The molecule has 14 heteroatoms. The zero-order valence-electron chi connectivity index (χ0n) is 15.2. The van der Waals surface area contributed by atoms with E-state index in [1.165, 1.54) is 0 Å². The number of benzene rings is 1. The van der Waals surface area contributed by atoms with E-state index in [1.807, 2.05) is 0 Å². The van der Waals surface area contributed by atoms with Crippen molar-refractivity contribution in [2.45, 2.75) is 6.42 Å². The number of carbonyl (C=O) groups excluding carboxylic acids is 7. The highest BCUT2D eigenvalue weighted by Crippen LogP contribution is 2.27. The van der Waals surface area contributed by atoms with Crippen LogP contribution in [0.4, 0.5) is 0 Å². The first-order valence-electron chi connectivity index (χ1n) is 7.90. The largest absolute Gasteiger partial charge is 0.366 e. The molecule has 0 aliphatic carbocycles. The van der Waals surface area contributed by atoms with Crippen molar-refractivity contribution in [3.63, 3.8) is 0 Å². The van der Waals surface area contributed by atoms with E-state index in [1.54, 1.807) is 0 Å². The van der Waals surface area contributed by atoms with E-state index in [0.29, 0.717) is 11.8 Å². The van der Waals surface area contributed by atoms with Crippen LogP contribution in [-0.2, 0) is 20.8 Å². The summed E-state index contributed by atoms with van der Waals surface area (Å²) in [4.78, 5) is 81.4. The number of nitrogens with one attached hydrogen (secondary N) is 1. The standard InChI is InChI=1S/C16H17N6O7S/c17-10(23)5(3-30-16(29)15(22)28)1-4-2-6(11(18)24)8(13(20)26)9(14(21)27)7(4)12(19)25/h2,5,17H,1,3H2,(H2,18,24)(H2,19,25)(H2,20,26)(H2,21,27)(H2,22,28). The maximum absolute atomic E-state index is 12.0. The molecule has 0 fully saturated rings. The molecule has 0 saturated carbocycles. The van der Waals surface area contributed by atoms with E-state index in [2.05, 4.69) is 0 Å². The maximum atomic E-state index is 12.0. The van der Waals surface area contributed by atoms with Gasteiger partial charge in [0.05, 0.1) is 28.2 Å². The van der Waals surface area contributed by atoms with Crippen molar-refractivity contribution in [1.82, 2.24) is 5.73 Å². The number of hydrogen-bond donors (Lipinski definition) is 5. The van der Waals surface area contributed by atoms with Crippen molar-refractivity contribution in [1.29, 1.82) is 0 Å². The van der Waals surface area contributed by atoms with Gasteiger partial charge in [-0.2, -0.15) is 0 Å². The van der Waals surface area contributed by atoms with Crippen molar-refractivity contribution in [3.05, 3.63) is 33.9 Å². The summed E-state index contributed by atoms with van der Waals surface area (Å²) >= 11 is 0.356.